The topological polar surface area (TPSA) is 66.5 Å². The molecule has 1 saturated heterocycles. The van der Waals surface area contributed by atoms with Crippen LogP contribution in [0.2, 0.25) is 0 Å². The Kier molecular flexibility index (Phi) is 5.72. The first-order valence-corrected chi connectivity index (χ1v) is 12.2. The summed E-state index contributed by atoms with van der Waals surface area (Å²) in [5.74, 6) is -0.257. The van der Waals surface area contributed by atoms with Gasteiger partial charge in [0.15, 0.2) is 0 Å². The van der Waals surface area contributed by atoms with Crippen LogP contribution in [-0.2, 0) is 10.0 Å². The molecule has 0 radical (unpaired) electrons. The van der Waals surface area contributed by atoms with Crippen molar-refractivity contribution >= 4 is 43.0 Å². The second kappa shape index (κ2) is 8.26. The summed E-state index contributed by atoms with van der Waals surface area (Å²) in [7, 11) is -3.54. The summed E-state index contributed by atoms with van der Waals surface area (Å²) in [6.45, 7) is 2.59. The van der Waals surface area contributed by atoms with Crippen molar-refractivity contribution in [1.29, 1.82) is 0 Å². The van der Waals surface area contributed by atoms with Gasteiger partial charge < -0.3 is 5.32 Å². The van der Waals surface area contributed by atoms with Crippen molar-refractivity contribution in [3.8, 4) is 0 Å². The average molecular weight is 429 g/mol. The van der Waals surface area contributed by atoms with Crippen LogP contribution in [0.5, 0.6) is 0 Å². The van der Waals surface area contributed by atoms with Crippen LogP contribution in [0.3, 0.4) is 0 Å². The minimum atomic E-state index is -3.54. The van der Waals surface area contributed by atoms with Crippen molar-refractivity contribution in [1.82, 2.24) is 4.31 Å². The Balaban J connectivity index is 1.51. The Hall–Kier alpha value is -2.22. The van der Waals surface area contributed by atoms with Crippen molar-refractivity contribution < 1.29 is 13.2 Å². The number of amides is 1. The van der Waals surface area contributed by atoms with E-state index in [-0.39, 0.29) is 16.8 Å². The Labute approximate surface area is 175 Å². The summed E-state index contributed by atoms with van der Waals surface area (Å²) in [4.78, 5) is 12.8. The van der Waals surface area contributed by atoms with E-state index in [1.54, 1.807) is 27.8 Å². The van der Waals surface area contributed by atoms with E-state index in [1.807, 2.05) is 36.6 Å². The van der Waals surface area contributed by atoms with Crippen LogP contribution >= 0.6 is 11.3 Å². The number of nitrogens with zero attached hydrogens (tertiary/aromatic N) is 1. The Morgan fingerprint density at radius 1 is 1.14 bits per heavy atom. The molecule has 2 aromatic carbocycles. The molecule has 2 heterocycles. The van der Waals surface area contributed by atoms with Crippen molar-refractivity contribution in [2.45, 2.75) is 43.5 Å². The van der Waals surface area contributed by atoms with Crippen molar-refractivity contribution in [2.24, 2.45) is 0 Å². The van der Waals surface area contributed by atoms with Crippen LogP contribution in [0.15, 0.2) is 58.8 Å². The number of thiophene rings is 1. The summed E-state index contributed by atoms with van der Waals surface area (Å²) >= 11 is 1.65. The standard InChI is InChI=1S/C22H24N2O3S2/c1-2-19-5-3-4-13-24(19)29(26,27)20-9-6-16(7-10-20)22(25)23-18-8-11-21-17(15-18)12-14-28-21/h6-12,14-15,19H,2-5,13H2,1H3,(H,23,25). The van der Waals surface area contributed by atoms with Gasteiger partial charge in [-0.05, 0) is 78.6 Å². The van der Waals surface area contributed by atoms with Crippen LogP contribution < -0.4 is 5.32 Å². The van der Waals surface area contributed by atoms with Gasteiger partial charge >= 0.3 is 0 Å². The van der Waals surface area contributed by atoms with E-state index in [0.29, 0.717) is 12.1 Å². The van der Waals surface area contributed by atoms with Crippen LogP contribution in [0.25, 0.3) is 10.1 Å². The second-order valence-electron chi connectivity index (χ2n) is 7.33. The first kappa shape index (κ1) is 20.1. The molecule has 1 aromatic heterocycles. The molecular formula is C22H24N2O3S2. The molecule has 1 amide bonds. The van der Waals surface area contributed by atoms with Crippen molar-refractivity contribution in [2.75, 3.05) is 11.9 Å². The quantitative estimate of drug-likeness (QED) is 0.614. The van der Waals surface area contributed by atoms with Gasteiger partial charge in [0.2, 0.25) is 10.0 Å². The highest BCUT2D eigenvalue weighted by molar-refractivity contribution is 7.89. The highest BCUT2D eigenvalue weighted by Gasteiger charge is 2.32. The fourth-order valence-corrected chi connectivity index (χ4v) is 6.40. The fraction of sp³-hybridized carbons (Fsp3) is 0.318. The zero-order valence-electron chi connectivity index (χ0n) is 16.3. The summed E-state index contributed by atoms with van der Waals surface area (Å²) < 4.78 is 28.9. The fourth-order valence-electron chi connectivity index (χ4n) is 3.86. The van der Waals surface area contributed by atoms with Gasteiger partial charge in [0.05, 0.1) is 4.90 Å². The molecule has 29 heavy (non-hydrogen) atoms. The number of nitrogens with one attached hydrogen (secondary N) is 1. The van der Waals surface area contributed by atoms with E-state index in [4.69, 9.17) is 0 Å². The number of carbonyl (C=O) groups excluding carboxylic acids is 1. The number of hydrogen-bond donors (Lipinski definition) is 1. The zero-order valence-corrected chi connectivity index (χ0v) is 17.9. The van der Waals surface area contributed by atoms with E-state index in [1.165, 1.54) is 16.8 Å². The minimum absolute atomic E-state index is 0.0590. The third-order valence-corrected chi connectivity index (χ3v) is 8.34. The van der Waals surface area contributed by atoms with Crippen LogP contribution in [0.1, 0.15) is 43.0 Å². The lowest BCUT2D eigenvalue weighted by Crippen LogP contribution is -2.43. The van der Waals surface area contributed by atoms with Crippen molar-refractivity contribution in [3.63, 3.8) is 0 Å². The number of anilines is 1. The monoisotopic (exact) mass is 428 g/mol. The third-order valence-electron chi connectivity index (χ3n) is 5.48. The molecule has 0 aliphatic carbocycles. The maximum Gasteiger partial charge on any atom is 0.255 e. The van der Waals surface area contributed by atoms with E-state index in [2.05, 4.69) is 5.32 Å². The molecule has 1 unspecified atom stereocenters. The lowest BCUT2D eigenvalue weighted by molar-refractivity contribution is 0.102. The second-order valence-corrected chi connectivity index (χ2v) is 10.2. The number of benzene rings is 2. The van der Waals surface area contributed by atoms with Crippen molar-refractivity contribution in [3.05, 3.63) is 59.5 Å². The lowest BCUT2D eigenvalue weighted by Gasteiger charge is -2.34. The molecule has 1 N–H and O–H groups in total. The van der Waals surface area contributed by atoms with Crippen LogP contribution in [0.4, 0.5) is 5.69 Å². The van der Waals surface area contributed by atoms with Gasteiger partial charge in [-0.25, -0.2) is 8.42 Å². The van der Waals surface area contributed by atoms with E-state index < -0.39 is 10.0 Å². The average Bonchev–Trinajstić information content (AvgIpc) is 3.21. The first-order chi connectivity index (χ1) is 14.0. The molecule has 1 aliphatic rings. The predicted molar refractivity (Wildman–Crippen MR) is 118 cm³/mol. The van der Waals surface area contributed by atoms with Crippen LogP contribution in [0, 0.1) is 0 Å². The molecule has 0 bridgehead atoms. The normalized spacial score (nSPS) is 18.0. The zero-order chi connectivity index (χ0) is 20.4. The maximum absolute atomic E-state index is 13.1. The summed E-state index contributed by atoms with van der Waals surface area (Å²) in [6, 6.07) is 14.1. The molecule has 4 rings (SSSR count). The molecule has 3 aromatic rings. The largest absolute Gasteiger partial charge is 0.322 e. The third kappa shape index (κ3) is 4.08. The number of sulfonamides is 1. The number of hydrogen-bond acceptors (Lipinski definition) is 4. The van der Waals surface area contributed by atoms with E-state index in [9.17, 15) is 13.2 Å². The van der Waals surface area contributed by atoms with Gasteiger partial charge in [-0.2, -0.15) is 4.31 Å². The van der Waals surface area contributed by atoms with E-state index >= 15 is 0 Å². The summed E-state index contributed by atoms with van der Waals surface area (Å²) in [6.07, 6.45) is 3.68. The predicted octanol–water partition coefficient (Wildman–Crippen LogP) is 5.11. The number of fused-ring (bicyclic) bond motifs is 1. The van der Waals surface area contributed by atoms with E-state index in [0.717, 1.165) is 36.8 Å². The minimum Gasteiger partial charge on any atom is -0.322 e. The molecule has 7 heteroatoms. The highest BCUT2D eigenvalue weighted by atomic mass is 32.2. The number of rotatable bonds is 5. The van der Waals surface area contributed by atoms with Gasteiger partial charge in [-0.15, -0.1) is 11.3 Å². The number of piperidine rings is 1. The molecule has 1 aliphatic heterocycles. The van der Waals surface area contributed by atoms with Gasteiger partial charge in [0, 0.05) is 28.5 Å². The Morgan fingerprint density at radius 2 is 1.93 bits per heavy atom. The smallest absolute Gasteiger partial charge is 0.255 e. The summed E-state index contributed by atoms with van der Waals surface area (Å²) in [5, 5.41) is 5.98. The SMILES string of the molecule is CCC1CCCCN1S(=O)(=O)c1ccc(C(=O)Nc2ccc3sccc3c2)cc1. The lowest BCUT2D eigenvalue weighted by atomic mass is 10.0. The molecule has 5 nitrogen and oxygen atoms in total. The molecular weight excluding hydrogens is 404 g/mol. The molecule has 152 valence electrons. The van der Waals surface area contributed by atoms with Gasteiger partial charge in [0.25, 0.3) is 5.91 Å². The Morgan fingerprint density at radius 3 is 2.69 bits per heavy atom. The van der Waals surface area contributed by atoms with Gasteiger partial charge in [-0.1, -0.05) is 13.3 Å². The molecule has 1 atom stereocenters. The van der Waals surface area contributed by atoms with Crippen LogP contribution in [-0.4, -0.2) is 31.2 Å². The van der Waals surface area contributed by atoms with Gasteiger partial charge in [-0.3, -0.25) is 4.79 Å². The molecule has 1 fully saturated rings. The Bertz CT molecular complexity index is 1120. The molecule has 0 saturated carbocycles. The first-order valence-electron chi connectivity index (χ1n) is 9.89. The maximum atomic E-state index is 13.1. The van der Waals surface area contributed by atoms with Gasteiger partial charge in [0.1, 0.15) is 0 Å². The number of carbonyl (C=O) groups is 1. The molecule has 0 spiro atoms. The highest BCUT2D eigenvalue weighted by Crippen LogP contribution is 2.28. The summed E-state index contributed by atoms with van der Waals surface area (Å²) in [5.41, 5.74) is 1.15.